The Bertz CT molecular complexity index is 1570. The number of nitrogens with zero attached hydrogens (tertiary/aromatic N) is 4. The molecule has 0 saturated heterocycles. The Morgan fingerprint density at radius 2 is 1.79 bits per heavy atom. The number of rotatable bonds is 8. The van der Waals surface area contributed by atoms with Crippen LogP contribution in [-0.2, 0) is 34.5 Å². The van der Waals surface area contributed by atoms with Crippen LogP contribution < -0.4 is 5.32 Å². The first-order chi connectivity index (χ1) is 22.2. The van der Waals surface area contributed by atoms with Gasteiger partial charge in [-0.05, 0) is 88.0 Å². The molecule has 5 rings (SSSR count). The third kappa shape index (κ3) is 7.52. The highest BCUT2D eigenvalue weighted by Gasteiger charge is 2.54. The molecule has 10 heteroatoms. The van der Waals surface area contributed by atoms with E-state index < -0.39 is 29.4 Å². The van der Waals surface area contributed by atoms with Gasteiger partial charge in [0, 0.05) is 24.4 Å². The number of fused-ring (bicyclic) bond motifs is 1. The van der Waals surface area contributed by atoms with E-state index in [2.05, 4.69) is 65.1 Å². The molecule has 1 fully saturated rings. The minimum atomic E-state index is -0.980. The number of ether oxygens (including phenoxy) is 1. The lowest BCUT2D eigenvalue weighted by Crippen LogP contribution is -2.62. The maximum Gasteiger partial charge on any atom is 0.407 e. The molecule has 8 nitrogen and oxygen atoms in total. The Balaban J connectivity index is 1.56. The molecule has 0 radical (unpaired) electrons. The SMILES string of the molecule is Cc1nnc2n1CC(C1(c3ccccc3)CC(C)CCC1C(C)C)N(C(=O)C[C@@H](Cc1ccc(F)c(F)c1)NC(=O)OC(C)(C)C)C2. The topological polar surface area (TPSA) is 89.4 Å². The number of amides is 2. The van der Waals surface area contributed by atoms with Crippen molar-refractivity contribution in [3.63, 3.8) is 0 Å². The summed E-state index contributed by atoms with van der Waals surface area (Å²) in [5, 5.41) is 11.7. The van der Waals surface area contributed by atoms with Gasteiger partial charge in [-0.3, -0.25) is 4.79 Å². The number of aromatic nitrogens is 3. The number of alkyl carbamates (subject to hydrolysis) is 1. The van der Waals surface area contributed by atoms with Crippen molar-refractivity contribution in [1.82, 2.24) is 25.0 Å². The predicted octanol–water partition coefficient (Wildman–Crippen LogP) is 7.13. The highest BCUT2D eigenvalue weighted by molar-refractivity contribution is 5.79. The molecule has 2 amide bonds. The fourth-order valence-corrected chi connectivity index (χ4v) is 8.08. The monoisotopic (exact) mass is 649 g/mol. The van der Waals surface area contributed by atoms with E-state index in [4.69, 9.17) is 4.74 Å². The summed E-state index contributed by atoms with van der Waals surface area (Å²) in [7, 11) is 0. The molecule has 0 bridgehead atoms. The summed E-state index contributed by atoms with van der Waals surface area (Å²) in [6, 6.07) is 13.3. The lowest BCUT2D eigenvalue weighted by atomic mass is 9.53. The highest BCUT2D eigenvalue weighted by Crippen LogP contribution is 2.53. The molecule has 47 heavy (non-hydrogen) atoms. The molecule has 5 atom stereocenters. The Kier molecular flexibility index (Phi) is 10.1. The molecule has 254 valence electrons. The van der Waals surface area contributed by atoms with Crippen LogP contribution >= 0.6 is 0 Å². The number of aryl methyl sites for hydroxylation is 1. The highest BCUT2D eigenvalue weighted by atomic mass is 19.2. The van der Waals surface area contributed by atoms with Crippen LogP contribution in [0.2, 0.25) is 0 Å². The smallest absolute Gasteiger partial charge is 0.407 e. The second-order valence-corrected chi connectivity index (χ2v) is 15.0. The summed E-state index contributed by atoms with van der Waals surface area (Å²) in [5.41, 5.74) is 0.592. The molecule has 2 aromatic carbocycles. The Hall–Kier alpha value is -3.82. The standard InChI is InChI=1S/C37H49F2N5O3/c1-23(2)29-15-13-24(3)20-37(29,27-11-9-8-10-12-27)32-21-43-25(4)41-42-33(43)22-44(32)34(45)19-28(40-35(46)47-36(5,6)7)17-26-14-16-30(38)31(39)18-26/h8-12,14,16,18,23-24,28-29,32H,13,15,17,19-22H2,1-7H3,(H,40,46)/t24?,28-,29?,32?,37?/m1/s1. The number of benzene rings is 2. The van der Waals surface area contributed by atoms with Crippen molar-refractivity contribution in [2.75, 3.05) is 0 Å². The van der Waals surface area contributed by atoms with Gasteiger partial charge in [0.2, 0.25) is 5.91 Å². The van der Waals surface area contributed by atoms with Crippen LogP contribution in [-0.4, -0.2) is 49.3 Å². The molecule has 0 spiro atoms. The largest absolute Gasteiger partial charge is 0.444 e. The molecule has 1 aliphatic heterocycles. The van der Waals surface area contributed by atoms with Crippen molar-refractivity contribution in [2.24, 2.45) is 17.8 Å². The molecule has 2 heterocycles. The molecular formula is C37H49F2N5O3. The fourth-order valence-electron chi connectivity index (χ4n) is 8.08. The van der Waals surface area contributed by atoms with E-state index in [-0.39, 0.29) is 36.8 Å². The molecule has 3 aromatic rings. The zero-order chi connectivity index (χ0) is 34.1. The first kappa shape index (κ1) is 34.5. The number of halogens is 2. The van der Waals surface area contributed by atoms with E-state index in [1.807, 2.05) is 17.9 Å². The Labute approximate surface area is 277 Å². The molecule has 1 saturated carbocycles. The van der Waals surface area contributed by atoms with Crippen LogP contribution in [0.1, 0.15) is 90.0 Å². The van der Waals surface area contributed by atoms with E-state index in [0.29, 0.717) is 29.9 Å². The fraction of sp³-hybridized carbons (Fsp3) is 0.568. The maximum atomic E-state index is 14.7. The number of hydrogen-bond donors (Lipinski definition) is 1. The van der Waals surface area contributed by atoms with E-state index in [0.717, 1.165) is 43.0 Å². The number of carbonyl (C=O) groups is 2. The summed E-state index contributed by atoms with van der Waals surface area (Å²) in [6.07, 6.45) is 2.49. The van der Waals surface area contributed by atoms with Gasteiger partial charge in [0.05, 0.1) is 12.6 Å². The van der Waals surface area contributed by atoms with Crippen molar-refractivity contribution in [3.8, 4) is 0 Å². The van der Waals surface area contributed by atoms with Crippen LogP contribution in [0.4, 0.5) is 13.6 Å². The summed E-state index contributed by atoms with van der Waals surface area (Å²) >= 11 is 0. The van der Waals surface area contributed by atoms with Gasteiger partial charge >= 0.3 is 6.09 Å². The summed E-state index contributed by atoms with van der Waals surface area (Å²) < 4.78 is 35.7. The lowest BCUT2D eigenvalue weighted by molar-refractivity contribution is -0.141. The molecular weight excluding hydrogens is 600 g/mol. The van der Waals surface area contributed by atoms with Gasteiger partial charge < -0.3 is 19.5 Å². The third-order valence-electron chi connectivity index (χ3n) is 10.0. The van der Waals surface area contributed by atoms with Crippen molar-refractivity contribution in [3.05, 3.63) is 82.9 Å². The minimum Gasteiger partial charge on any atom is -0.444 e. The average molecular weight is 650 g/mol. The third-order valence-corrected chi connectivity index (χ3v) is 10.0. The normalized spacial score (nSPS) is 23.7. The van der Waals surface area contributed by atoms with E-state index >= 15 is 0 Å². The van der Waals surface area contributed by atoms with Gasteiger partial charge in [-0.25, -0.2) is 13.6 Å². The van der Waals surface area contributed by atoms with Crippen molar-refractivity contribution >= 4 is 12.0 Å². The maximum absolute atomic E-state index is 14.7. The van der Waals surface area contributed by atoms with Crippen LogP contribution in [0.5, 0.6) is 0 Å². The Morgan fingerprint density at radius 1 is 1.06 bits per heavy atom. The van der Waals surface area contributed by atoms with Crippen molar-refractivity contribution in [2.45, 2.75) is 117 Å². The molecule has 1 N–H and O–H groups in total. The van der Waals surface area contributed by atoms with Crippen LogP contribution in [0, 0.1) is 36.3 Å². The molecule has 4 unspecified atom stereocenters. The zero-order valence-electron chi connectivity index (χ0n) is 28.7. The first-order valence-corrected chi connectivity index (χ1v) is 16.8. The van der Waals surface area contributed by atoms with Gasteiger partial charge in [0.25, 0.3) is 0 Å². The molecule has 2 aliphatic rings. The summed E-state index contributed by atoms with van der Waals surface area (Å²) in [6.45, 7) is 14.9. The summed E-state index contributed by atoms with van der Waals surface area (Å²) in [4.78, 5) is 29.7. The Morgan fingerprint density at radius 3 is 2.45 bits per heavy atom. The lowest BCUT2D eigenvalue weighted by Gasteiger charge is -2.57. The summed E-state index contributed by atoms with van der Waals surface area (Å²) in [5.74, 6) is 0.597. The second kappa shape index (κ2) is 13.7. The molecule has 1 aliphatic carbocycles. The average Bonchev–Trinajstić information content (AvgIpc) is 3.36. The van der Waals surface area contributed by atoms with E-state index in [9.17, 15) is 18.4 Å². The van der Waals surface area contributed by atoms with Crippen molar-refractivity contribution in [1.29, 1.82) is 0 Å². The number of hydrogen-bond acceptors (Lipinski definition) is 5. The van der Waals surface area contributed by atoms with E-state index in [1.54, 1.807) is 20.8 Å². The predicted molar refractivity (Wildman–Crippen MR) is 176 cm³/mol. The number of carbonyl (C=O) groups excluding carboxylic acids is 2. The molecule has 1 aromatic heterocycles. The van der Waals surface area contributed by atoms with Crippen LogP contribution in [0.15, 0.2) is 48.5 Å². The van der Waals surface area contributed by atoms with Gasteiger partial charge in [0.15, 0.2) is 17.5 Å². The minimum absolute atomic E-state index is 0.0609. The quantitative estimate of drug-likeness (QED) is 0.281. The van der Waals surface area contributed by atoms with Gasteiger partial charge in [0.1, 0.15) is 11.4 Å². The second-order valence-electron chi connectivity index (χ2n) is 15.0. The number of nitrogens with one attached hydrogen (secondary N) is 1. The van der Waals surface area contributed by atoms with Crippen molar-refractivity contribution < 1.29 is 23.1 Å². The van der Waals surface area contributed by atoms with Gasteiger partial charge in [-0.15, -0.1) is 10.2 Å². The van der Waals surface area contributed by atoms with Gasteiger partial charge in [-0.2, -0.15) is 0 Å². The van der Waals surface area contributed by atoms with Crippen LogP contribution in [0.25, 0.3) is 0 Å². The van der Waals surface area contributed by atoms with E-state index in [1.165, 1.54) is 11.6 Å². The van der Waals surface area contributed by atoms with Gasteiger partial charge in [-0.1, -0.05) is 63.6 Å². The van der Waals surface area contributed by atoms with Crippen LogP contribution in [0.3, 0.4) is 0 Å². The zero-order valence-corrected chi connectivity index (χ0v) is 28.7. The first-order valence-electron chi connectivity index (χ1n) is 16.8.